The molecule has 8 heteroatoms. The lowest BCUT2D eigenvalue weighted by molar-refractivity contribution is -0.0965. The molecule has 1 aromatic carbocycles. The number of aryl methyl sites for hydroxylation is 1. The van der Waals surface area contributed by atoms with Gasteiger partial charge in [0.1, 0.15) is 0 Å². The van der Waals surface area contributed by atoms with Crippen LogP contribution in [0.1, 0.15) is 12.5 Å². The number of nitrogens with one attached hydrogen (secondary N) is 1. The summed E-state index contributed by atoms with van der Waals surface area (Å²) < 4.78 is 35.3. The quantitative estimate of drug-likeness (QED) is 0.700. The molecule has 1 aliphatic rings. The van der Waals surface area contributed by atoms with E-state index in [2.05, 4.69) is 9.71 Å². The molecule has 27 heavy (non-hydrogen) atoms. The molecule has 0 aliphatic carbocycles. The molecule has 4 rings (SSSR count). The van der Waals surface area contributed by atoms with Crippen LogP contribution in [0.4, 0.5) is 5.69 Å². The Morgan fingerprint density at radius 1 is 1.33 bits per heavy atom. The third-order valence-electron chi connectivity index (χ3n) is 4.95. The highest BCUT2D eigenvalue weighted by Gasteiger charge is 2.34. The van der Waals surface area contributed by atoms with E-state index in [4.69, 9.17) is 10.5 Å². The Kier molecular flexibility index (Phi) is 4.21. The fourth-order valence-electron chi connectivity index (χ4n) is 3.18. The molecule has 0 radical (unpaired) electrons. The second-order valence-electron chi connectivity index (χ2n) is 7.41. The standard InChI is InChI=1S/C19H22N4O3S/c1-13-5-6-14(27(24,25)22-10-19(2)11-26-12-19)8-15(13)17-9-21-18-16(20)4-3-7-23(17)18/h3-9,22H,10-12,20H2,1-2H3. The largest absolute Gasteiger partial charge is 0.396 e. The normalized spacial score (nSPS) is 16.4. The predicted molar refractivity (Wildman–Crippen MR) is 104 cm³/mol. The molecule has 142 valence electrons. The fourth-order valence-corrected chi connectivity index (χ4v) is 4.41. The van der Waals surface area contributed by atoms with Crippen molar-refractivity contribution < 1.29 is 13.2 Å². The van der Waals surface area contributed by atoms with Crippen molar-refractivity contribution in [2.45, 2.75) is 18.7 Å². The summed E-state index contributed by atoms with van der Waals surface area (Å²) in [6.07, 6.45) is 3.58. The van der Waals surface area contributed by atoms with Gasteiger partial charge in [-0.1, -0.05) is 13.0 Å². The van der Waals surface area contributed by atoms with Crippen molar-refractivity contribution in [1.82, 2.24) is 14.1 Å². The van der Waals surface area contributed by atoms with E-state index in [-0.39, 0.29) is 10.3 Å². The molecule has 3 heterocycles. The molecule has 7 nitrogen and oxygen atoms in total. The van der Waals surface area contributed by atoms with Gasteiger partial charge in [0.05, 0.1) is 35.7 Å². The van der Waals surface area contributed by atoms with Crippen molar-refractivity contribution in [3.63, 3.8) is 0 Å². The third-order valence-corrected chi connectivity index (χ3v) is 6.35. The third kappa shape index (κ3) is 3.20. The molecule has 0 atom stereocenters. The van der Waals surface area contributed by atoms with Crippen molar-refractivity contribution in [2.75, 3.05) is 25.5 Å². The Morgan fingerprint density at radius 2 is 2.11 bits per heavy atom. The SMILES string of the molecule is Cc1ccc(S(=O)(=O)NCC2(C)COC2)cc1-c1cnc2c(N)cccn12. The first-order valence-electron chi connectivity index (χ1n) is 8.69. The minimum Gasteiger partial charge on any atom is -0.396 e. The lowest BCUT2D eigenvalue weighted by Crippen LogP contribution is -2.48. The Labute approximate surface area is 158 Å². The average Bonchev–Trinajstić information content (AvgIpc) is 3.04. The maximum Gasteiger partial charge on any atom is 0.240 e. The number of nitrogens with zero attached hydrogens (tertiary/aromatic N) is 2. The van der Waals surface area contributed by atoms with Gasteiger partial charge in [-0.2, -0.15) is 0 Å². The number of anilines is 1. The fraction of sp³-hybridized carbons (Fsp3) is 0.316. The number of rotatable bonds is 5. The molecule has 3 aromatic rings. The van der Waals surface area contributed by atoms with Crippen molar-refractivity contribution in [3.05, 3.63) is 48.3 Å². The molecule has 0 amide bonds. The monoisotopic (exact) mass is 386 g/mol. The lowest BCUT2D eigenvalue weighted by Gasteiger charge is -2.37. The van der Waals surface area contributed by atoms with Gasteiger partial charge < -0.3 is 10.5 Å². The molecule has 1 saturated heterocycles. The Balaban J connectivity index is 1.72. The summed E-state index contributed by atoms with van der Waals surface area (Å²) in [5, 5.41) is 0. The number of sulfonamides is 1. The minimum atomic E-state index is -3.62. The maximum absolute atomic E-state index is 12.8. The van der Waals surface area contributed by atoms with Crippen molar-refractivity contribution in [3.8, 4) is 11.3 Å². The summed E-state index contributed by atoms with van der Waals surface area (Å²) in [5.74, 6) is 0. The van der Waals surface area contributed by atoms with E-state index in [1.807, 2.05) is 36.6 Å². The van der Waals surface area contributed by atoms with Crippen molar-refractivity contribution in [1.29, 1.82) is 0 Å². The molecule has 3 N–H and O–H groups in total. The van der Waals surface area contributed by atoms with Crippen LogP contribution in [0.15, 0.2) is 47.6 Å². The Hall–Kier alpha value is -2.42. The van der Waals surface area contributed by atoms with Crippen LogP contribution < -0.4 is 10.5 Å². The highest BCUT2D eigenvalue weighted by Crippen LogP contribution is 2.29. The van der Waals surface area contributed by atoms with E-state index < -0.39 is 10.0 Å². The summed E-state index contributed by atoms with van der Waals surface area (Å²) >= 11 is 0. The minimum absolute atomic E-state index is 0.139. The van der Waals surface area contributed by atoms with Crippen LogP contribution in [0.5, 0.6) is 0 Å². The highest BCUT2D eigenvalue weighted by atomic mass is 32.2. The lowest BCUT2D eigenvalue weighted by atomic mass is 9.89. The summed E-state index contributed by atoms with van der Waals surface area (Å²) in [7, 11) is -3.62. The number of fused-ring (bicyclic) bond motifs is 1. The number of aromatic nitrogens is 2. The summed E-state index contributed by atoms with van der Waals surface area (Å²) in [6, 6.07) is 8.74. The zero-order chi connectivity index (χ0) is 19.2. The number of nitrogens with two attached hydrogens (primary N) is 1. The first kappa shape index (κ1) is 18.0. The number of benzene rings is 1. The van der Waals surface area contributed by atoms with E-state index in [0.29, 0.717) is 31.1 Å². The molecule has 0 bridgehead atoms. The van der Waals surface area contributed by atoms with Gasteiger partial charge in [0.2, 0.25) is 10.0 Å². The van der Waals surface area contributed by atoms with E-state index >= 15 is 0 Å². The van der Waals surface area contributed by atoms with Crippen LogP contribution in [-0.2, 0) is 14.8 Å². The van der Waals surface area contributed by atoms with Gasteiger partial charge >= 0.3 is 0 Å². The van der Waals surface area contributed by atoms with Gasteiger partial charge in [0.25, 0.3) is 0 Å². The second kappa shape index (κ2) is 6.33. The molecule has 2 aromatic heterocycles. The number of hydrogen-bond acceptors (Lipinski definition) is 5. The van der Waals surface area contributed by atoms with Crippen molar-refractivity contribution >= 4 is 21.4 Å². The van der Waals surface area contributed by atoms with E-state index in [9.17, 15) is 8.42 Å². The number of hydrogen-bond donors (Lipinski definition) is 2. The molecule has 1 aliphatic heterocycles. The maximum atomic E-state index is 12.8. The van der Waals surface area contributed by atoms with Gasteiger partial charge in [-0.25, -0.2) is 18.1 Å². The molecule has 0 unspecified atom stereocenters. The van der Waals surface area contributed by atoms with E-state index in [1.54, 1.807) is 24.4 Å². The zero-order valence-electron chi connectivity index (χ0n) is 15.3. The number of imidazole rings is 1. The Bertz CT molecular complexity index is 1120. The van der Waals surface area contributed by atoms with Crippen molar-refractivity contribution in [2.24, 2.45) is 5.41 Å². The average molecular weight is 386 g/mol. The first-order chi connectivity index (χ1) is 12.8. The van der Waals surface area contributed by atoms with Crippen LogP contribution in [-0.4, -0.2) is 37.6 Å². The second-order valence-corrected chi connectivity index (χ2v) is 9.17. The van der Waals surface area contributed by atoms with Crippen LogP contribution in [0.25, 0.3) is 16.9 Å². The van der Waals surface area contributed by atoms with Crippen LogP contribution >= 0.6 is 0 Å². The first-order valence-corrected chi connectivity index (χ1v) is 10.2. The van der Waals surface area contributed by atoms with Gasteiger partial charge in [-0.05, 0) is 36.8 Å². The Morgan fingerprint density at radius 3 is 2.81 bits per heavy atom. The zero-order valence-corrected chi connectivity index (χ0v) is 16.1. The van der Waals surface area contributed by atoms with Crippen LogP contribution in [0.3, 0.4) is 0 Å². The topological polar surface area (TPSA) is 98.7 Å². The molecule has 0 saturated carbocycles. The highest BCUT2D eigenvalue weighted by molar-refractivity contribution is 7.89. The van der Waals surface area contributed by atoms with Gasteiger partial charge in [-0.3, -0.25) is 4.40 Å². The summed E-state index contributed by atoms with van der Waals surface area (Å²) in [5.41, 5.74) is 9.62. The van der Waals surface area contributed by atoms with Gasteiger partial charge in [0, 0.05) is 23.7 Å². The summed E-state index contributed by atoms with van der Waals surface area (Å²) in [4.78, 5) is 4.60. The van der Waals surface area contributed by atoms with Crippen LogP contribution in [0.2, 0.25) is 0 Å². The predicted octanol–water partition coefficient (Wildman–Crippen LogP) is 2.21. The van der Waals surface area contributed by atoms with Crippen LogP contribution in [0, 0.1) is 12.3 Å². The number of pyridine rings is 1. The summed E-state index contributed by atoms with van der Waals surface area (Å²) in [6.45, 7) is 5.43. The molecule has 1 fully saturated rings. The smallest absolute Gasteiger partial charge is 0.240 e. The molecular formula is C19H22N4O3S. The molecule has 0 spiro atoms. The number of ether oxygens (including phenoxy) is 1. The van der Waals surface area contributed by atoms with E-state index in [1.165, 1.54) is 0 Å². The van der Waals surface area contributed by atoms with Gasteiger partial charge in [-0.15, -0.1) is 0 Å². The van der Waals surface area contributed by atoms with Gasteiger partial charge in [0.15, 0.2) is 5.65 Å². The van der Waals surface area contributed by atoms with E-state index in [0.717, 1.165) is 16.8 Å². The number of nitrogen functional groups attached to an aromatic ring is 1. The molecular weight excluding hydrogens is 364 g/mol.